The molecule has 4 rings (SSSR count). The fraction of sp³-hybridized carbons (Fsp3) is 0.190. The number of anilines is 1. The van der Waals surface area contributed by atoms with Gasteiger partial charge in [0, 0.05) is 30.3 Å². The van der Waals surface area contributed by atoms with Crippen LogP contribution in [-0.2, 0) is 16.1 Å². The zero-order chi connectivity index (χ0) is 18.6. The van der Waals surface area contributed by atoms with Gasteiger partial charge < -0.3 is 14.2 Å². The molecule has 1 aliphatic rings. The van der Waals surface area contributed by atoms with Crippen LogP contribution >= 0.6 is 0 Å². The molecular weight excluding hydrogens is 344 g/mol. The second kappa shape index (κ2) is 7.45. The van der Waals surface area contributed by atoms with Crippen molar-refractivity contribution in [3.63, 3.8) is 0 Å². The Bertz CT molecular complexity index is 965. The largest absolute Gasteiger partial charge is 0.455 e. The van der Waals surface area contributed by atoms with Crippen LogP contribution in [0.15, 0.2) is 65.2 Å². The van der Waals surface area contributed by atoms with E-state index in [2.05, 4.69) is 5.16 Å². The molecule has 0 aliphatic carbocycles. The normalized spacial score (nSPS) is 13.8. The lowest BCUT2D eigenvalue weighted by molar-refractivity contribution is -0.117. The summed E-state index contributed by atoms with van der Waals surface area (Å²) in [6, 6.07) is 18.3. The third kappa shape index (κ3) is 3.74. The van der Waals surface area contributed by atoms with Crippen molar-refractivity contribution >= 4 is 17.6 Å². The Balaban J connectivity index is 1.41. The van der Waals surface area contributed by atoms with Crippen LogP contribution in [0.3, 0.4) is 0 Å². The van der Waals surface area contributed by atoms with Gasteiger partial charge in [0.1, 0.15) is 12.3 Å². The van der Waals surface area contributed by atoms with Gasteiger partial charge in [-0.25, -0.2) is 4.79 Å². The maximum atomic E-state index is 12.4. The number of hydrogen-bond acceptors (Lipinski definition) is 5. The molecule has 0 saturated carbocycles. The van der Waals surface area contributed by atoms with Gasteiger partial charge in [0.15, 0.2) is 5.76 Å². The standard InChI is InChI=1S/C21H18N2O4/c24-20-10-5-11-23(20)18-9-4-8-16(12-18)21(25)26-14-17-13-19(27-22-17)15-6-2-1-3-7-15/h1-4,6-9,12-13H,5,10-11,14H2. The minimum Gasteiger partial charge on any atom is -0.455 e. The summed E-state index contributed by atoms with van der Waals surface area (Å²) in [5.41, 5.74) is 2.57. The number of nitrogens with zero attached hydrogens (tertiary/aromatic N) is 2. The van der Waals surface area contributed by atoms with E-state index in [9.17, 15) is 9.59 Å². The first-order valence-corrected chi connectivity index (χ1v) is 8.79. The number of carbonyl (C=O) groups is 2. The molecule has 1 amide bonds. The summed E-state index contributed by atoms with van der Waals surface area (Å²) in [6.45, 7) is 0.695. The van der Waals surface area contributed by atoms with Gasteiger partial charge in [-0.05, 0) is 24.6 Å². The third-order valence-corrected chi connectivity index (χ3v) is 4.44. The van der Waals surface area contributed by atoms with E-state index in [1.807, 2.05) is 36.4 Å². The molecule has 0 atom stereocenters. The van der Waals surface area contributed by atoms with Gasteiger partial charge in [-0.1, -0.05) is 41.6 Å². The summed E-state index contributed by atoms with van der Waals surface area (Å²) in [7, 11) is 0. The Kier molecular flexibility index (Phi) is 4.70. The summed E-state index contributed by atoms with van der Waals surface area (Å²) < 4.78 is 10.6. The van der Waals surface area contributed by atoms with Gasteiger partial charge in [0.25, 0.3) is 0 Å². The van der Waals surface area contributed by atoms with E-state index < -0.39 is 5.97 Å². The van der Waals surface area contributed by atoms with Crippen molar-refractivity contribution < 1.29 is 18.8 Å². The maximum Gasteiger partial charge on any atom is 0.338 e. The van der Waals surface area contributed by atoms with Gasteiger partial charge in [0.2, 0.25) is 5.91 Å². The predicted molar refractivity (Wildman–Crippen MR) is 99.1 cm³/mol. The third-order valence-electron chi connectivity index (χ3n) is 4.44. The summed E-state index contributed by atoms with van der Waals surface area (Å²) >= 11 is 0. The molecule has 27 heavy (non-hydrogen) atoms. The average Bonchev–Trinajstić information content (AvgIpc) is 3.36. The van der Waals surface area contributed by atoms with Gasteiger partial charge >= 0.3 is 5.97 Å². The Labute approximate surface area is 156 Å². The molecule has 136 valence electrons. The highest BCUT2D eigenvalue weighted by Crippen LogP contribution is 2.23. The van der Waals surface area contributed by atoms with E-state index in [0.717, 1.165) is 17.7 Å². The Morgan fingerprint density at radius 2 is 1.96 bits per heavy atom. The first-order chi connectivity index (χ1) is 13.2. The highest BCUT2D eigenvalue weighted by Gasteiger charge is 2.22. The van der Waals surface area contributed by atoms with Gasteiger partial charge in [-0.3, -0.25) is 4.79 Å². The summed E-state index contributed by atoms with van der Waals surface area (Å²) in [6.07, 6.45) is 1.38. The average molecular weight is 362 g/mol. The van der Waals surface area contributed by atoms with Gasteiger partial charge in [-0.15, -0.1) is 0 Å². The zero-order valence-electron chi connectivity index (χ0n) is 14.6. The Morgan fingerprint density at radius 3 is 2.74 bits per heavy atom. The fourth-order valence-electron chi connectivity index (χ4n) is 3.06. The molecular formula is C21H18N2O4. The molecule has 6 heteroatoms. The van der Waals surface area contributed by atoms with Gasteiger partial charge in [-0.2, -0.15) is 0 Å². The van der Waals surface area contributed by atoms with E-state index in [4.69, 9.17) is 9.26 Å². The topological polar surface area (TPSA) is 72.6 Å². The number of aromatic nitrogens is 1. The molecule has 2 heterocycles. The Morgan fingerprint density at radius 1 is 1.11 bits per heavy atom. The molecule has 2 aromatic carbocycles. The van der Waals surface area contributed by atoms with Crippen molar-refractivity contribution in [2.24, 2.45) is 0 Å². The minimum absolute atomic E-state index is 0.0159. The lowest BCUT2D eigenvalue weighted by atomic mass is 10.1. The quantitative estimate of drug-likeness (QED) is 0.645. The Hall–Kier alpha value is -3.41. The maximum absolute atomic E-state index is 12.4. The molecule has 1 saturated heterocycles. The smallest absolute Gasteiger partial charge is 0.338 e. The second-order valence-electron chi connectivity index (χ2n) is 6.32. The second-order valence-corrected chi connectivity index (χ2v) is 6.32. The molecule has 0 spiro atoms. The van der Waals surface area contributed by atoms with E-state index in [-0.39, 0.29) is 12.5 Å². The van der Waals surface area contributed by atoms with Crippen LogP contribution in [0.1, 0.15) is 28.9 Å². The summed E-state index contributed by atoms with van der Waals surface area (Å²) in [5.74, 6) is 0.237. The van der Waals surface area contributed by atoms with Crippen LogP contribution in [0, 0.1) is 0 Å². The zero-order valence-corrected chi connectivity index (χ0v) is 14.6. The number of rotatable bonds is 5. The van der Waals surface area contributed by atoms with Crippen LogP contribution < -0.4 is 4.90 Å². The van der Waals surface area contributed by atoms with Crippen molar-refractivity contribution in [1.29, 1.82) is 0 Å². The number of carbonyl (C=O) groups excluding carboxylic acids is 2. The van der Waals surface area contributed by atoms with Crippen molar-refractivity contribution in [3.05, 3.63) is 71.9 Å². The van der Waals surface area contributed by atoms with Crippen LogP contribution in [-0.4, -0.2) is 23.6 Å². The van der Waals surface area contributed by atoms with Crippen molar-refractivity contribution in [2.45, 2.75) is 19.4 Å². The minimum atomic E-state index is -0.465. The number of esters is 1. The lowest BCUT2D eigenvalue weighted by Gasteiger charge is -2.16. The molecule has 0 bridgehead atoms. The monoisotopic (exact) mass is 362 g/mol. The number of amides is 1. The fourth-order valence-corrected chi connectivity index (χ4v) is 3.06. The number of benzene rings is 2. The van der Waals surface area contributed by atoms with E-state index >= 15 is 0 Å². The van der Waals surface area contributed by atoms with E-state index in [1.165, 1.54) is 0 Å². The molecule has 1 aliphatic heterocycles. The van der Waals surface area contributed by atoms with Crippen LogP contribution in [0.25, 0.3) is 11.3 Å². The number of ether oxygens (including phenoxy) is 1. The lowest BCUT2D eigenvalue weighted by Crippen LogP contribution is -2.23. The molecule has 1 fully saturated rings. The molecule has 6 nitrogen and oxygen atoms in total. The van der Waals surface area contributed by atoms with Crippen molar-refractivity contribution in [1.82, 2.24) is 5.16 Å². The van der Waals surface area contributed by atoms with Crippen LogP contribution in [0.5, 0.6) is 0 Å². The van der Waals surface area contributed by atoms with Crippen LogP contribution in [0.2, 0.25) is 0 Å². The SMILES string of the molecule is O=C(OCc1cc(-c2ccccc2)on1)c1cccc(N2CCCC2=O)c1. The summed E-state index contributed by atoms with van der Waals surface area (Å²) in [4.78, 5) is 25.9. The van der Waals surface area contributed by atoms with Crippen molar-refractivity contribution in [2.75, 3.05) is 11.4 Å². The highest BCUT2D eigenvalue weighted by atomic mass is 16.5. The number of hydrogen-bond donors (Lipinski definition) is 0. The first kappa shape index (κ1) is 17.0. The predicted octanol–water partition coefficient (Wildman–Crippen LogP) is 3.83. The van der Waals surface area contributed by atoms with Crippen molar-refractivity contribution in [3.8, 4) is 11.3 Å². The first-order valence-electron chi connectivity index (χ1n) is 8.79. The molecule has 0 unspecified atom stereocenters. The molecule has 0 radical (unpaired) electrons. The van der Waals surface area contributed by atoms with E-state index in [1.54, 1.807) is 29.2 Å². The van der Waals surface area contributed by atoms with Gasteiger partial charge in [0.05, 0.1) is 5.56 Å². The van der Waals surface area contributed by atoms with E-state index in [0.29, 0.717) is 30.0 Å². The molecule has 0 N–H and O–H groups in total. The highest BCUT2D eigenvalue weighted by molar-refractivity contribution is 5.97. The molecule has 3 aromatic rings. The molecule has 1 aromatic heterocycles. The van der Waals surface area contributed by atoms with Crippen LogP contribution in [0.4, 0.5) is 5.69 Å². The summed E-state index contributed by atoms with van der Waals surface area (Å²) in [5, 5.41) is 3.94.